The number of aryl methyl sites for hydroxylation is 1. The summed E-state index contributed by atoms with van der Waals surface area (Å²) in [6.45, 7) is 2.48. The highest BCUT2D eigenvalue weighted by Crippen LogP contribution is 2.33. The molecule has 1 aliphatic heterocycles. The highest BCUT2D eigenvalue weighted by Gasteiger charge is 2.35. The normalized spacial score (nSPS) is 16.5. The molecule has 0 unspecified atom stereocenters. The maximum absolute atomic E-state index is 12.9. The third-order valence-corrected chi connectivity index (χ3v) is 5.39. The second-order valence-electron chi connectivity index (χ2n) is 7.18. The van der Waals surface area contributed by atoms with Crippen LogP contribution in [0.2, 0.25) is 0 Å². The Labute approximate surface area is 162 Å². The van der Waals surface area contributed by atoms with Crippen LogP contribution in [0.3, 0.4) is 0 Å². The Kier molecular flexibility index (Phi) is 4.93. The van der Waals surface area contributed by atoms with Gasteiger partial charge in [0.25, 0.3) is 5.91 Å². The van der Waals surface area contributed by atoms with E-state index in [4.69, 9.17) is 4.74 Å². The summed E-state index contributed by atoms with van der Waals surface area (Å²) in [5, 5.41) is 13.8. The molecule has 0 bridgehead atoms. The van der Waals surface area contributed by atoms with E-state index in [0.717, 1.165) is 18.5 Å². The zero-order valence-electron chi connectivity index (χ0n) is 16.0. The van der Waals surface area contributed by atoms with Crippen molar-refractivity contribution in [3.63, 3.8) is 0 Å². The van der Waals surface area contributed by atoms with Crippen LogP contribution >= 0.6 is 0 Å². The van der Waals surface area contributed by atoms with Gasteiger partial charge in [-0.2, -0.15) is 0 Å². The minimum absolute atomic E-state index is 0.0217. The van der Waals surface area contributed by atoms with E-state index in [2.05, 4.69) is 25.8 Å². The van der Waals surface area contributed by atoms with Gasteiger partial charge in [-0.15, -0.1) is 5.10 Å². The van der Waals surface area contributed by atoms with Gasteiger partial charge in [0.1, 0.15) is 12.4 Å². The van der Waals surface area contributed by atoms with Crippen LogP contribution in [0, 0.1) is 6.92 Å². The minimum Gasteiger partial charge on any atom is -0.481 e. The molecule has 3 heterocycles. The number of carbonyl (C=O) groups is 2. The van der Waals surface area contributed by atoms with Gasteiger partial charge in [0.05, 0.1) is 24.9 Å². The summed E-state index contributed by atoms with van der Waals surface area (Å²) in [5.41, 5.74) is 2.02. The van der Waals surface area contributed by atoms with E-state index in [9.17, 15) is 9.59 Å². The number of tetrazole rings is 1. The lowest BCUT2D eigenvalue weighted by molar-refractivity contribution is -0.122. The van der Waals surface area contributed by atoms with E-state index in [1.54, 1.807) is 13.0 Å². The van der Waals surface area contributed by atoms with Crippen LogP contribution in [0.15, 0.2) is 6.07 Å². The molecule has 0 saturated heterocycles. The summed E-state index contributed by atoms with van der Waals surface area (Å²) in [4.78, 5) is 31.5. The first-order chi connectivity index (χ1) is 13.6. The van der Waals surface area contributed by atoms with Crippen LogP contribution in [-0.4, -0.2) is 55.1 Å². The molecule has 0 aromatic carbocycles. The van der Waals surface area contributed by atoms with Gasteiger partial charge in [0, 0.05) is 18.2 Å². The summed E-state index contributed by atoms with van der Waals surface area (Å²) in [6.07, 6.45) is 4.44. The van der Waals surface area contributed by atoms with Crippen molar-refractivity contribution in [2.75, 3.05) is 7.11 Å². The van der Waals surface area contributed by atoms with Crippen LogP contribution < -0.4 is 10.1 Å². The van der Waals surface area contributed by atoms with Gasteiger partial charge in [-0.3, -0.25) is 9.59 Å². The average Bonchev–Trinajstić information content (AvgIpc) is 3.41. The second kappa shape index (κ2) is 7.53. The number of pyridine rings is 1. The molecule has 2 aromatic rings. The van der Waals surface area contributed by atoms with Crippen LogP contribution in [0.1, 0.15) is 53.1 Å². The summed E-state index contributed by atoms with van der Waals surface area (Å²) >= 11 is 0. The molecule has 28 heavy (non-hydrogen) atoms. The standard InChI is InChI=1S/C18H23N7O3/c1-11-21-22-23-25(11)10-16(26)19-8-12-7-14-15(20-17(12)28-2)9-24(18(14)27)13-5-3-4-6-13/h7,13H,3-6,8-10H2,1-2H3,(H,19,26). The van der Waals surface area contributed by atoms with E-state index in [-0.39, 0.29) is 24.9 Å². The Balaban J connectivity index is 1.47. The smallest absolute Gasteiger partial charge is 0.256 e. The fraction of sp³-hybridized carbons (Fsp3) is 0.556. The van der Waals surface area contributed by atoms with Crippen molar-refractivity contribution >= 4 is 11.8 Å². The number of fused-ring (bicyclic) bond motifs is 1. The second-order valence-corrected chi connectivity index (χ2v) is 7.18. The fourth-order valence-electron chi connectivity index (χ4n) is 3.86. The van der Waals surface area contributed by atoms with Gasteiger partial charge < -0.3 is 15.0 Å². The molecule has 1 saturated carbocycles. The largest absolute Gasteiger partial charge is 0.481 e. The molecule has 2 aliphatic rings. The number of amides is 2. The third-order valence-electron chi connectivity index (χ3n) is 5.39. The van der Waals surface area contributed by atoms with Crippen molar-refractivity contribution in [2.24, 2.45) is 0 Å². The van der Waals surface area contributed by atoms with Crippen molar-refractivity contribution in [3.05, 3.63) is 28.7 Å². The molecule has 1 aliphatic carbocycles. The number of hydrogen-bond acceptors (Lipinski definition) is 7. The zero-order valence-corrected chi connectivity index (χ0v) is 16.0. The van der Waals surface area contributed by atoms with Gasteiger partial charge in [-0.1, -0.05) is 12.8 Å². The summed E-state index contributed by atoms with van der Waals surface area (Å²) in [6, 6.07) is 2.09. The molecular formula is C18H23N7O3. The molecule has 2 amide bonds. The maximum Gasteiger partial charge on any atom is 0.256 e. The molecular weight excluding hydrogens is 362 g/mol. The quantitative estimate of drug-likeness (QED) is 0.774. The number of hydrogen-bond donors (Lipinski definition) is 1. The molecule has 1 fully saturated rings. The lowest BCUT2D eigenvalue weighted by Gasteiger charge is -2.22. The molecule has 2 aromatic heterocycles. The molecule has 10 nitrogen and oxygen atoms in total. The molecule has 148 valence electrons. The van der Waals surface area contributed by atoms with E-state index in [1.165, 1.54) is 24.6 Å². The SMILES string of the molecule is COc1nc2c(cc1CNC(=O)Cn1nnnc1C)C(=O)N(C1CCCC1)C2. The van der Waals surface area contributed by atoms with E-state index in [0.29, 0.717) is 35.4 Å². The lowest BCUT2D eigenvalue weighted by Crippen LogP contribution is -2.33. The predicted octanol–water partition coefficient (Wildman–Crippen LogP) is 0.600. The van der Waals surface area contributed by atoms with Crippen molar-refractivity contribution in [1.82, 2.24) is 35.4 Å². The Bertz CT molecular complexity index is 905. The minimum atomic E-state index is -0.239. The Morgan fingerprint density at radius 2 is 2.14 bits per heavy atom. The number of nitrogens with one attached hydrogen (secondary N) is 1. The first kappa shape index (κ1) is 18.3. The summed E-state index contributed by atoms with van der Waals surface area (Å²) in [7, 11) is 1.54. The van der Waals surface area contributed by atoms with Crippen molar-refractivity contribution in [1.29, 1.82) is 0 Å². The van der Waals surface area contributed by atoms with E-state index < -0.39 is 0 Å². The van der Waals surface area contributed by atoms with Gasteiger partial charge in [-0.25, -0.2) is 9.67 Å². The number of aromatic nitrogens is 5. The highest BCUT2D eigenvalue weighted by molar-refractivity contribution is 5.98. The first-order valence-corrected chi connectivity index (χ1v) is 9.44. The van der Waals surface area contributed by atoms with Crippen LogP contribution in [-0.2, 0) is 24.4 Å². The summed E-state index contributed by atoms with van der Waals surface area (Å²) in [5.74, 6) is 0.772. The molecule has 4 rings (SSSR count). The average molecular weight is 385 g/mol. The predicted molar refractivity (Wildman–Crippen MR) is 97.3 cm³/mol. The Morgan fingerprint density at radius 3 is 2.82 bits per heavy atom. The molecule has 10 heteroatoms. The van der Waals surface area contributed by atoms with Crippen molar-refractivity contribution < 1.29 is 14.3 Å². The van der Waals surface area contributed by atoms with Gasteiger partial charge in [0.15, 0.2) is 0 Å². The van der Waals surface area contributed by atoms with Crippen LogP contribution in [0.25, 0.3) is 0 Å². The lowest BCUT2D eigenvalue weighted by atomic mass is 10.1. The number of ether oxygens (including phenoxy) is 1. The fourth-order valence-corrected chi connectivity index (χ4v) is 3.86. The van der Waals surface area contributed by atoms with Gasteiger partial charge in [0.2, 0.25) is 11.8 Å². The van der Waals surface area contributed by atoms with Crippen LogP contribution in [0.5, 0.6) is 5.88 Å². The van der Waals surface area contributed by atoms with E-state index >= 15 is 0 Å². The van der Waals surface area contributed by atoms with Crippen molar-refractivity contribution in [2.45, 2.75) is 58.3 Å². The molecule has 0 radical (unpaired) electrons. The van der Waals surface area contributed by atoms with E-state index in [1.807, 2.05) is 4.90 Å². The zero-order chi connectivity index (χ0) is 19.7. The van der Waals surface area contributed by atoms with Crippen LogP contribution in [0.4, 0.5) is 0 Å². The number of methoxy groups -OCH3 is 1. The molecule has 0 atom stereocenters. The monoisotopic (exact) mass is 385 g/mol. The number of nitrogens with zero attached hydrogens (tertiary/aromatic N) is 6. The number of carbonyl (C=O) groups excluding carboxylic acids is 2. The van der Waals surface area contributed by atoms with Crippen molar-refractivity contribution in [3.8, 4) is 5.88 Å². The Hall–Kier alpha value is -3.04. The van der Waals surface area contributed by atoms with Gasteiger partial charge >= 0.3 is 0 Å². The highest BCUT2D eigenvalue weighted by atomic mass is 16.5. The van der Waals surface area contributed by atoms with Gasteiger partial charge in [-0.05, 0) is 36.3 Å². The number of rotatable bonds is 6. The first-order valence-electron chi connectivity index (χ1n) is 9.44. The topological polar surface area (TPSA) is 115 Å². The molecule has 1 N–H and O–H groups in total. The molecule has 0 spiro atoms. The summed E-state index contributed by atoms with van der Waals surface area (Å²) < 4.78 is 6.81. The maximum atomic E-state index is 12.9. The Morgan fingerprint density at radius 1 is 1.36 bits per heavy atom. The third kappa shape index (κ3) is 3.41.